The number of carbonyl (C=O) groups excluding carboxylic acids is 1. The summed E-state index contributed by atoms with van der Waals surface area (Å²) >= 11 is 0. The topological polar surface area (TPSA) is 63.7 Å². The maximum absolute atomic E-state index is 14.3. The third-order valence-electron chi connectivity index (χ3n) is 6.50. The molecule has 0 spiro atoms. The summed E-state index contributed by atoms with van der Waals surface area (Å²) in [5.74, 6) is -0.292. The van der Waals surface area contributed by atoms with E-state index in [1.807, 2.05) is 97.9 Å². The van der Waals surface area contributed by atoms with Crippen LogP contribution in [-0.4, -0.2) is 31.3 Å². The Morgan fingerprint density at radius 3 is 1.93 bits per heavy atom. The van der Waals surface area contributed by atoms with Crippen molar-refractivity contribution in [1.29, 1.82) is 0 Å². The number of hydrogen-bond donors (Lipinski definition) is 0. The molecule has 0 unspecified atom stereocenters. The fourth-order valence-corrected chi connectivity index (χ4v) is 6.10. The molecule has 41 heavy (non-hydrogen) atoms. The average Bonchev–Trinajstić information content (AvgIpc) is 2.98. The molecule has 0 heterocycles. The summed E-state index contributed by atoms with van der Waals surface area (Å²) < 4.78 is 35.7. The van der Waals surface area contributed by atoms with Crippen LogP contribution in [0.4, 0.5) is 0 Å². The molecule has 4 aromatic carbocycles. The van der Waals surface area contributed by atoms with Gasteiger partial charge in [0.05, 0.1) is 10.9 Å². The monoisotopic (exact) mass is 563 g/mol. The van der Waals surface area contributed by atoms with Gasteiger partial charge in [-0.15, -0.1) is 6.58 Å². The van der Waals surface area contributed by atoms with Crippen molar-refractivity contribution in [3.63, 3.8) is 0 Å². The number of ether oxygens (including phenoxy) is 1. The number of esters is 1. The second kappa shape index (κ2) is 13.7. The summed E-state index contributed by atoms with van der Waals surface area (Å²) in [5, 5.41) is 0. The molecule has 0 aliphatic carbocycles. The Hall–Kier alpha value is -4.48. The predicted octanol–water partition coefficient (Wildman–Crippen LogP) is 7.07. The minimum atomic E-state index is -3.99. The maximum Gasteiger partial charge on any atom is 0.308 e. The van der Waals surface area contributed by atoms with Crippen LogP contribution in [0.25, 0.3) is 11.3 Å². The first-order valence-electron chi connectivity index (χ1n) is 13.3. The molecule has 0 fully saturated rings. The minimum Gasteiger partial charge on any atom is -0.417 e. The van der Waals surface area contributed by atoms with Crippen LogP contribution >= 0.6 is 0 Å². The lowest BCUT2D eigenvalue weighted by Gasteiger charge is -2.32. The number of sulfonamides is 1. The van der Waals surface area contributed by atoms with Crippen molar-refractivity contribution in [1.82, 2.24) is 4.31 Å². The van der Waals surface area contributed by atoms with Gasteiger partial charge in [0.1, 0.15) is 0 Å². The Morgan fingerprint density at radius 2 is 1.39 bits per heavy atom. The van der Waals surface area contributed by atoms with Crippen LogP contribution in [0.15, 0.2) is 139 Å². The van der Waals surface area contributed by atoms with E-state index < -0.39 is 22.0 Å². The van der Waals surface area contributed by atoms with Crippen molar-refractivity contribution in [3.8, 4) is 0 Å². The fraction of sp³-hybridized carbons (Fsp3) is 0.143. The third-order valence-corrected chi connectivity index (χ3v) is 8.39. The van der Waals surface area contributed by atoms with E-state index in [0.29, 0.717) is 17.6 Å². The molecule has 0 N–H and O–H groups in total. The van der Waals surface area contributed by atoms with E-state index in [0.717, 1.165) is 16.7 Å². The van der Waals surface area contributed by atoms with Crippen LogP contribution in [-0.2, 0) is 26.0 Å². The molecular formula is C35H33NO4S. The third kappa shape index (κ3) is 7.59. The lowest BCUT2D eigenvalue weighted by Crippen LogP contribution is -2.42. The van der Waals surface area contributed by atoms with E-state index in [9.17, 15) is 13.2 Å². The molecule has 4 aromatic rings. The summed E-state index contributed by atoms with van der Waals surface area (Å²) in [7, 11) is -3.99. The highest BCUT2D eigenvalue weighted by Gasteiger charge is 2.34. The van der Waals surface area contributed by atoms with E-state index in [2.05, 4.69) is 12.3 Å². The number of nitrogens with zero attached hydrogens (tertiary/aromatic N) is 1. The van der Waals surface area contributed by atoms with Crippen molar-refractivity contribution < 1.29 is 17.9 Å². The summed E-state index contributed by atoms with van der Waals surface area (Å²) in [6.45, 7) is 7.18. The number of carbonyl (C=O) groups is 1. The Bertz CT molecular complexity index is 1640. The second-order valence-corrected chi connectivity index (χ2v) is 11.5. The van der Waals surface area contributed by atoms with Gasteiger partial charge in [-0.3, -0.25) is 4.79 Å². The van der Waals surface area contributed by atoms with Crippen LogP contribution < -0.4 is 0 Å². The second-order valence-electron chi connectivity index (χ2n) is 9.58. The fourth-order valence-electron chi connectivity index (χ4n) is 4.53. The lowest BCUT2D eigenvalue weighted by atomic mass is 9.93. The predicted molar refractivity (Wildman–Crippen MR) is 164 cm³/mol. The number of hydrogen-bond acceptors (Lipinski definition) is 4. The standard InChI is InChI=1S/C35H33NO4S/c1-4-24-36(41(38,39)32-22-20-27(2)21-23-32)34(25-29-14-8-5-9-15-29)33(30-16-10-6-11-17-30)26-35(40-28(3)37)31-18-12-7-13-19-31/h4-23,34H,1,24-25H2,2-3H3/t26?,34-/m0/s1. The summed E-state index contributed by atoms with van der Waals surface area (Å²) in [4.78, 5) is 12.4. The first-order valence-corrected chi connectivity index (χ1v) is 14.8. The van der Waals surface area contributed by atoms with Gasteiger partial charge in [-0.25, -0.2) is 8.42 Å². The van der Waals surface area contributed by atoms with Gasteiger partial charge in [0.2, 0.25) is 10.0 Å². The van der Waals surface area contributed by atoms with Crippen LogP contribution in [0.3, 0.4) is 0 Å². The van der Waals surface area contributed by atoms with Crippen molar-refractivity contribution in [2.75, 3.05) is 6.54 Å². The summed E-state index contributed by atoms with van der Waals surface area (Å²) in [6, 6.07) is 34.5. The number of rotatable bonds is 11. The molecule has 6 heteroatoms. The zero-order valence-electron chi connectivity index (χ0n) is 23.2. The Balaban J connectivity index is 2.05. The highest BCUT2D eigenvalue weighted by molar-refractivity contribution is 7.89. The van der Waals surface area contributed by atoms with Gasteiger partial charge in [-0.1, -0.05) is 120 Å². The van der Waals surface area contributed by atoms with Gasteiger partial charge in [0.25, 0.3) is 0 Å². The molecule has 0 amide bonds. The zero-order valence-corrected chi connectivity index (χ0v) is 24.1. The van der Waals surface area contributed by atoms with Crippen molar-refractivity contribution in [2.45, 2.75) is 31.2 Å². The van der Waals surface area contributed by atoms with Crippen LogP contribution in [0, 0.1) is 6.92 Å². The molecule has 0 radical (unpaired) electrons. The molecule has 4 rings (SSSR count). The first kappa shape index (κ1) is 29.5. The van der Waals surface area contributed by atoms with Gasteiger partial charge in [-0.05, 0) is 36.6 Å². The van der Waals surface area contributed by atoms with Gasteiger partial charge in [0, 0.05) is 24.6 Å². The molecular weight excluding hydrogens is 530 g/mol. The normalized spacial score (nSPS) is 11.8. The summed E-state index contributed by atoms with van der Waals surface area (Å²) in [6.07, 6.45) is 1.93. The number of benzene rings is 4. The largest absolute Gasteiger partial charge is 0.417 e. The van der Waals surface area contributed by atoms with E-state index in [1.165, 1.54) is 11.2 Å². The molecule has 0 bridgehead atoms. The first-order chi connectivity index (χ1) is 19.8. The van der Waals surface area contributed by atoms with Gasteiger partial charge < -0.3 is 4.74 Å². The summed E-state index contributed by atoms with van der Waals surface area (Å²) in [5.41, 5.74) is 7.22. The highest BCUT2D eigenvalue weighted by Crippen LogP contribution is 2.31. The molecule has 0 saturated heterocycles. The molecule has 0 aliphatic rings. The Kier molecular flexibility index (Phi) is 9.88. The lowest BCUT2D eigenvalue weighted by molar-refractivity contribution is -0.134. The van der Waals surface area contributed by atoms with Crippen LogP contribution in [0.2, 0.25) is 0 Å². The molecule has 0 aromatic heterocycles. The molecule has 5 nitrogen and oxygen atoms in total. The van der Waals surface area contributed by atoms with E-state index in [-0.39, 0.29) is 17.2 Å². The van der Waals surface area contributed by atoms with E-state index in [4.69, 9.17) is 4.74 Å². The molecule has 1 atom stereocenters. The van der Waals surface area contributed by atoms with Crippen molar-refractivity contribution in [3.05, 3.63) is 156 Å². The maximum atomic E-state index is 14.3. The highest BCUT2D eigenvalue weighted by atomic mass is 32.2. The Labute approximate surface area is 242 Å². The van der Waals surface area contributed by atoms with E-state index >= 15 is 0 Å². The van der Waals surface area contributed by atoms with Gasteiger partial charge >= 0.3 is 5.97 Å². The van der Waals surface area contributed by atoms with Gasteiger partial charge in [0.15, 0.2) is 5.76 Å². The van der Waals surface area contributed by atoms with Crippen LogP contribution in [0.1, 0.15) is 29.2 Å². The quantitative estimate of drug-likeness (QED) is 0.0848. The van der Waals surface area contributed by atoms with Crippen molar-refractivity contribution >= 4 is 27.3 Å². The van der Waals surface area contributed by atoms with E-state index in [1.54, 1.807) is 30.3 Å². The number of aryl methyl sites for hydroxylation is 1. The smallest absolute Gasteiger partial charge is 0.308 e. The Morgan fingerprint density at radius 1 is 0.854 bits per heavy atom. The zero-order chi connectivity index (χ0) is 29.2. The SMILES string of the molecule is C=CCN([C@@H](Cc1ccccc1)C(=C=C(OC(C)=O)c1ccccc1)c1ccccc1)S(=O)(=O)c1ccc(C)cc1. The average molecular weight is 564 g/mol. The molecule has 0 saturated carbocycles. The molecule has 208 valence electrons. The van der Waals surface area contributed by atoms with Crippen molar-refractivity contribution in [2.24, 2.45) is 0 Å². The minimum absolute atomic E-state index is 0.0555. The molecule has 0 aliphatic heterocycles. The van der Waals surface area contributed by atoms with Crippen LogP contribution in [0.5, 0.6) is 0 Å². The van der Waals surface area contributed by atoms with Gasteiger partial charge in [-0.2, -0.15) is 4.31 Å².